The van der Waals surface area contributed by atoms with E-state index in [4.69, 9.17) is 0 Å². The van der Waals surface area contributed by atoms with Gasteiger partial charge in [0.1, 0.15) is 6.04 Å². The van der Waals surface area contributed by atoms with Gasteiger partial charge in [-0.15, -0.1) is 0 Å². The van der Waals surface area contributed by atoms with Crippen LogP contribution in [0.5, 0.6) is 0 Å². The number of halogens is 3. The maximum absolute atomic E-state index is 13.2. The Labute approximate surface area is 129 Å². The summed E-state index contributed by atoms with van der Waals surface area (Å²) >= 11 is 0. The van der Waals surface area contributed by atoms with Crippen molar-refractivity contribution in [2.24, 2.45) is 0 Å². The molecule has 1 aromatic carbocycles. The van der Waals surface area contributed by atoms with Gasteiger partial charge in [-0.2, -0.15) is 13.2 Å². The molecular formula is C15H15F3N2O3. The lowest BCUT2D eigenvalue weighted by Crippen LogP contribution is -2.24. The second-order valence-corrected chi connectivity index (χ2v) is 5.05. The highest BCUT2D eigenvalue weighted by Crippen LogP contribution is 2.35. The van der Waals surface area contributed by atoms with Crippen LogP contribution in [0, 0.1) is 0 Å². The lowest BCUT2D eigenvalue weighted by atomic mass is 10.1. The third kappa shape index (κ3) is 3.06. The Hall–Kier alpha value is -2.38. The van der Waals surface area contributed by atoms with Gasteiger partial charge < -0.3 is 9.67 Å². The zero-order chi connectivity index (χ0) is 17.4. The first-order valence-corrected chi connectivity index (χ1v) is 7.05. The van der Waals surface area contributed by atoms with Crippen molar-refractivity contribution in [2.45, 2.75) is 38.9 Å². The Morgan fingerprint density at radius 1 is 1.30 bits per heavy atom. The number of aliphatic carboxylic acids is 1. The van der Waals surface area contributed by atoms with E-state index in [0.29, 0.717) is 4.57 Å². The van der Waals surface area contributed by atoms with Crippen LogP contribution in [0.4, 0.5) is 13.2 Å². The lowest BCUT2D eigenvalue weighted by Gasteiger charge is -2.17. The van der Waals surface area contributed by atoms with E-state index in [1.807, 2.05) is 0 Å². The molecular weight excluding hydrogens is 313 g/mol. The molecule has 1 heterocycles. The van der Waals surface area contributed by atoms with E-state index in [1.165, 1.54) is 25.1 Å². The number of fused-ring (bicyclic) bond motifs is 1. The van der Waals surface area contributed by atoms with Crippen LogP contribution in [0.3, 0.4) is 0 Å². The maximum Gasteiger partial charge on any atom is 0.449 e. The monoisotopic (exact) mass is 328 g/mol. The molecule has 8 heteroatoms. The Balaban J connectivity index is 2.76. The van der Waals surface area contributed by atoms with Gasteiger partial charge in [0.05, 0.1) is 11.0 Å². The number of hydrogen-bond donors (Lipinski definition) is 1. The summed E-state index contributed by atoms with van der Waals surface area (Å²) in [6.07, 6.45) is -4.61. The molecule has 0 aliphatic heterocycles. The summed E-state index contributed by atoms with van der Waals surface area (Å²) in [5.74, 6) is -2.87. The number of carboxylic acid groups (broad SMARTS) is 1. The van der Waals surface area contributed by atoms with Gasteiger partial charge in [0.25, 0.3) is 0 Å². The Bertz CT molecular complexity index is 765. The summed E-state index contributed by atoms with van der Waals surface area (Å²) in [5.41, 5.74) is 0.248. The van der Waals surface area contributed by atoms with Gasteiger partial charge in [-0.25, -0.2) is 9.78 Å². The highest BCUT2D eigenvalue weighted by atomic mass is 19.4. The fourth-order valence-corrected chi connectivity index (χ4v) is 2.46. The maximum atomic E-state index is 13.2. The molecule has 1 aromatic heterocycles. The average molecular weight is 328 g/mol. The molecule has 124 valence electrons. The number of Topliss-reactive ketones (excluding diaryl/α,β-unsaturated/α-hetero) is 1. The fraction of sp³-hybridized carbons (Fsp3) is 0.400. The van der Waals surface area contributed by atoms with Crippen molar-refractivity contribution in [3.63, 3.8) is 0 Å². The Morgan fingerprint density at radius 2 is 1.96 bits per heavy atom. The number of alkyl halides is 3. The molecule has 2 rings (SSSR count). The van der Waals surface area contributed by atoms with Crippen molar-refractivity contribution in [1.29, 1.82) is 0 Å². The number of carbonyl (C=O) groups is 2. The predicted molar refractivity (Wildman–Crippen MR) is 76.3 cm³/mol. The van der Waals surface area contributed by atoms with E-state index in [0.717, 1.165) is 0 Å². The number of aromatic nitrogens is 2. The highest BCUT2D eigenvalue weighted by molar-refractivity contribution is 5.99. The first-order valence-electron chi connectivity index (χ1n) is 7.05. The first kappa shape index (κ1) is 17.0. The Morgan fingerprint density at radius 3 is 2.43 bits per heavy atom. The van der Waals surface area contributed by atoms with E-state index < -0.39 is 24.0 Å². The van der Waals surface area contributed by atoms with Gasteiger partial charge >= 0.3 is 12.1 Å². The van der Waals surface area contributed by atoms with Gasteiger partial charge in [-0.1, -0.05) is 13.8 Å². The van der Waals surface area contributed by atoms with Crippen molar-refractivity contribution in [2.75, 3.05) is 0 Å². The van der Waals surface area contributed by atoms with E-state index in [-0.39, 0.29) is 35.2 Å². The van der Waals surface area contributed by atoms with Crippen molar-refractivity contribution in [3.8, 4) is 0 Å². The second-order valence-electron chi connectivity index (χ2n) is 5.05. The molecule has 0 aliphatic carbocycles. The summed E-state index contributed by atoms with van der Waals surface area (Å²) < 4.78 is 40.4. The minimum absolute atomic E-state index is 0.0283. The van der Waals surface area contributed by atoms with Gasteiger partial charge in [0, 0.05) is 12.0 Å². The smallest absolute Gasteiger partial charge is 0.449 e. The summed E-state index contributed by atoms with van der Waals surface area (Å²) in [5, 5.41) is 9.21. The summed E-state index contributed by atoms with van der Waals surface area (Å²) in [4.78, 5) is 26.5. The van der Waals surface area contributed by atoms with Crippen LogP contribution in [-0.2, 0) is 11.0 Å². The van der Waals surface area contributed by atoms with Gasteiger partial charge in [-0.05, 0) is 24.6 Å². The van der Waals surface area contributed by atoms with Gasteiger partial charge in [0.2, 0.25) is 5.82 Å². The topological polar surface area (TPSA) is 72.2 Å². The number of benzene rings is 1. The number of carboxylic acids is 1. The van der Waals surface area contributed by atoms with Crippen molar-refractivity contribution in [1.82, 2.24) is 9.55 Å². The third-order valence-corrected chi connectivity index (χ3v) is 3.57. The quantitative estimate of drug-likeness (QED) is 0.850. The van der Waals surface area contributed by atoms with Crippen LogP contribution in [-0.4, -0.2) is 26.4 Å². The minimum Gasteiger partial charge on any atom is -0.480 e. The molecule has 0 saturated carbocycles. The highest BCUT2D eigenvalue weighted by Gasteiger charge is 2.40. The first-order chi connectivity index (χ1) is 10.7. The van der Waals surface area contributed by atoms with Gasteiger partial charge in [0.15, 0.2) is 5.78 Å². The molecule has 5 nitrogen and oxygen atoms in total. The minimum atomic E-state index is -4.79. The van der Waals surface area contributed by atoms with Crippen molar-refractivity contribution < 1.29 is 27.9 Å². The largest absolute Gasteiger partial charge is 0.480 e. The molecule has 1 atom stereocenters. The van der Waals surface area contributed by atoms with E-state index in [9.17, 15) is 27.9 Å². The standard InChI is InChI=1S/C15H15F3N2O3/c1-3-10(13(22)23)20-11-6-5-8(12(21)4-2)7-9(11)19-14(20)15(16,17)18/h5-7,10H,3-4H2,1-2H3,(H,22,23). The van der Waals surface area contributed by atoms with E-state index >= 15 is 0 Å². The Kier molecular flexibility index (Phi) is 4.44. The number of carbonyl (C=O) groups excluding carboxylic acids is 1. The molecule has 2 aromatic rings. The lowest BCUT2D eigenvalue weighted by molar-refractivity contribution is -0.151. The van der Waals surface area contributed by atoms with E-state index in [1.54, 1.807) is 6.92 Å². The van der Waals surface area contributed by atoms with Gasteiger partial charge in [-0.3, -0.25) is 4.79 Å². The molecule has 0 fully saturated rings. The van der Waals surface area contributed by atoms with Crippen LogP contribution in [0.25, 0.3) is 11.0 Å². The third-order valence-electron chi connectivity index (χ3n) is 3.57. The molecule has 0 amide bonds. The summed E-state index contributed by atoms with van der Waals surface area (Å²) in [7, 11) is 0. The number of ketones is 1. The number of rotatable bonds is 5. The number of imidazole rings is 1. The molecule has 0 aliphatic rings. The van der Waals surface area contributed by atoms with Crippen LogP contribution in [0.15, 0.2) is 18.2 Å². The normalized spacial score (nSPS) is 13.3. The van der Waals surface area contributed by atoms with Crippen LogP contribution >= 0.6 is 0 Å². The number of hydrogen-bond acceptors (Lipinski definition) is 3. The SMILES string of the molecule is CCC(=O)c1ccc2c(c1)nc(C(F)(F)F)n2C(CC)C(=O)O. The summed E-state index contributed by atoms with van der Waals surface area (Å²) in [6, 6.07) is 2.58. The molecule has 0 saturated heterocycles. The molecule has 1 N–H and O–H groups in total. The molecule has 0 bridgehead atoms. The average Bonchev–Trinajstić information content (AvgIpc) is 2.85. The predicted octanol–water partition coefficient (Wildman–Crippen LogP) is 3.68. The van der Waals surface area contributed by atoms with Crippen LogP contribution in [0.2, 0.25) is 0 Å². The molecule has 23 heavy (non-hydrogen) atoms. The van der Waals surface area contributed by atoms with E-state index in [2.05, 4.69) is 4.98 Å². The zero-order valence-corrected chi connectivity index (χ0v) is 12.5. The van der Waals surface area contributed by atoms with Crippen LogP contribution in [0.1, 0.15) is 48.9 Å². The molecule has 0 spiro atoms. The second kappa shape index (κ2) is 6.02. The fourth-order valence-electron chi connectivity index (χ4n) is 2.46. The summed E-state index contributed by atoms with van der Waals surface area (Å²) in [6.45, 7) is 3.13. The van der Waals surface area contributed by atoms with Crippen LogP contribution < -0.4 is 0 Å². The van der Waals surface area contributed by atoms with Crippen molar-refractivity contribution in [3.05, 3.63) is 29.6 Å². The zero-order valence-electron chi connectivity index (χ0n) is 12.5. The number of nitrogens with zero attached hydrogens (tertiary/aromatic N) is 2. The molecule has 0 radical (unpaired) electrons. The molecule has 1 unspecified atom stereocenters. The van der Waals surface area contributed by atoms with Crippen molar-refractivity contribution >= 4 is 22.8 Å².